The number of benzene rings is 1. The van der Waals surface area contributed by atoms with E-state index in [-0.39, 0.29) is 28.9 Å². The number of amides is 3. The Balaban J connectivity index is 1.04. The molecule has 0 spiro atoms. The topological polar surface area (TPSA) is 98.0 Å². The first-order valence-corrected chi connectivity index (χ1v) is 15.8. The number of nitrogens with two attached hydrogens (primary N) is 1. The van der Waals surface area contributed by atoms with Gasteiger partial charge in [-0.15, -0.1) is 0 Å². The fourth-order valence-electron chi connectivity index (χ4n) is 8.95. The number of nitrogens with zero attached hydrogens (tertiary/aromatic N) is 5. The van der Waals surface area contributed by atoms with Crippen molar-refractivity contribution < 1.29 is 9.59 Å². The van der Waals surface area contributed by atoms with Crippen LogP contribution >= 0.6 is 0 Å². The van der Waals surface area contributed by atoms with E-state index in [1.807, 2.05) is 29.3 Å². The van der Waals surface area contributed by atoms with Crippen molar-refractivity contribution in [2.75, 3.05) is 54.0 Å². The van der Waals surface area contributed by atoms with Crippen LogP contribution in [-0.4, -0.2) is 72.7 Å². The Morgan fingerprint density at radius 1 is 0.905 bits per heavy atom. The van der Waals surface area contributed by atoms with Crippen LogP contribution in [0, 0.1) is 23.2 Å². The minimum absolute atomic E-state index is 0.0367. The van der Waals surface area contributed by atoms with Crippen LogP contribution in [0.25, 0.3) is 0 Å². The summed E-state index contributed by atoms with van der Waals surface area (Å²) in [6.45, 7) is 12.2. The monoisotopic (exact) mass is 571 g/mol. The predicted octanol–water partition coefficient (Wildman–Crippen LogP) is 4.35. The lowest BCUT2D eigenvalue weighted by Crippen LogP contribution is -2.63. The maximum absolute atomic E-state index is 13.8. The summed E-state index contributed by atoms with van der Waals surface area (Å²) < 4.78 is 0. The highest BCUT2D eigenvalue weighted by Gasteiger charge is 2.58. The molecule has 3 amide bonds. The van der Waals surface area contributed by atoms with E-state index in [1.54, 1.807) is 0 Å². The van der Waals surface area contributed by atoms with Crippen molar-refractivity contribution in [3.63, 3.8) is 0 Å². The van der Waals surface area contributed by atoms with E-state index in [4.69, 9.17) is 10.7 Å². The number of nitrogens with one attached hydrogen (secondary N) is 1. The Kier molecular flexibility index (Phi) is 6.64. The Morgan fingerprint density at radius 3 is 2.21 bits per heavy atom. The first kappa shape index (κ1) is 27.5. The highest BCUT2D eigenvalue weighted by Crippen LogP contribution is 2.60. The van der Waals surface area contributed by atoms with Crippen LogP contribution in [0.3, 0.4) is 0 Å². The summed E-state index contributed by atoms with van der Waals surface area (Å²) in [5, 5.41) is 3.43. The number of primary amides is 1. The summed E-state index contributed by atoms with van der Waals surface area (Å²) in [5.74, 6) is 2.00. The molecule has 0 radical (unpaired) electrons. The Labute approximate surface area is 249 Å². The van der Waals surface area contributed by atoms with Gasteiger partial charge >= 0.3 is 6.03 Å². The second-order valence-corrected chi connectivity index (χ2v) is 14.4. The zero-order valence-electron chi connectivity index (χ0n) is 25.3. The normalized spacial score (nSPS) is 30.8. The van der Waals surface area contributed by atoms with E-state index >= 15 is 0 Å². The number of hydrogen-bond donors (Lipinski definition) is 2. The van der Waals surface area contributed by atoms with Gasteiger partial charge in [0.1, 0.15) is 5.82 Å². The second-order valence-electron chi connectivity index (χ2n) is 14.4. The zero-order valence-corrected chi connectivity index (χ0v) is 25.3. The number of fused-ring (bicyclic) bond motifs is 1. The minimum atomic E-state index is -0.348. The molecule has 1 saturated heterocycles. The molecule has 2 aromatic rings. The molecule has 5 fully saturated rings. The van der Waals surface area contributed by atoms with Gasteiger partial charge in [-0.1, -0.05) is 12.1 Å². The van der Waals surface area contributed by atoms with Gasteiger partial charge in [0, 0.05) is 56.3 Å². The third-order valence-electron chi connectivity index (χ3n) is 10.9. The SMILES string of the molecule is CC(C)(C)N1CCN(c2ccc(N3CCN(C(=O)N[C@H]4C5CC6CC4C[C@@](C(N)=O)(C6)C5)c4ccccc43)nc2)CC1. The number of urea groups is 1. The fourth-order valence-corrected chi connectivity index (χ4v) is 8.95. The summed E-state index contributed by atoms with van der Waals surface area (Å²) in [7, 11) is 0. The first-order chi connectivity index (χ1) is 20.1. The Morgan fingerprint density at radius 2 is 1.60 bits per heavy atom. The molecule has 4 aliphatic carbocycles. The number of aromatic nitrogens is 1. The molecule has 6 aliphatic rings. The van der Waals surface area contributed by atoms with E-state index in [1.165, 1.54) is 0 Å². The van der Waals surface area contributed by atoms with Crippen molar-refractivity contribution in [2.24, 2.45) is 28.9 Å². The van der Waals surface area contributed by atoms with Gasteiger partial charge in [0.15, 0.2) is 0 Å². The lowest BCUT2D eigenvalue weighted by molar-refractivity contribution is -0.145. The lowest BCUT2D eigenvalue weighted by Gasteiger charge is -2.59. The quantitative estimate of drug-likeness (QED) is 0.566. The van der Waals surface area contributed by atoms with Crippen LogP contribution in [0.4, 0.5) is 27.7 Å². The first-order valence-electron chi connectivity index (χ1n) is 15.8. The average molecular weight is 572 g/mol. The number of carbonyl (C=O) groups is 2. The lowest BCUT2D eigenvalue weighted by atomic mass is 9.47. The van der Waals surface area contributed by atoms with Crippen LogP contribution in [0.15, 0.2) is 42.6 Å². The molecule has 224 valence electrons. The number of piperazine rings is 1. The molecule has 3 N–H and O–H groups in total. The van der Waals surface area contributed by atoms with Crippen molar-refractivity contribution in [1.82, 2.24) is 15.2 Å². The largest absolute Gasteiger partial charge is 0.369 e. The van der Waals surface area contributed by atoms with Gasteiger partial charge in [0.25, 0.3) is 0 Å². The van der Waals surface area contributed by atoms with Crippen molar-refractivity contribution in [2.45, 2.75) is 64.5 Å². The van der Waals surface area contributed by atoms with Crippen LogP contribution in [-0.2, 0) is 4.79 Å². The number of pyridine rings is 1. The number of hydrogen-bond acceptors (Lipinski definition) is 6. The zero-order chi connectivity index (χ0) is 29.2. The summed E-state index contributed by atoms with van der Waals surface area (Å²) in [6, 6.07) is 12.5. The fraction of sp³-hybridized carbons (Fsp3) is 0.606. The van der Waals surface area contributed by atoms with Crippen LogP contribution in [0.1, 0.15) is 52.9 Å². The molecule has 42 heavy (non-hydrogen) atoms. The molecule has 2 unspecified atom stereocenters. The van der Waals surface area contributed by atoms with E-state index in [0.717, 1.165) is 81.2 Å². The molecule has 2 atom stereocenters. The molecule has 4 saturated carbocycles. The van der Waals surface area contributed by atoms with E-state index in [0.29, 0.717) is 30.8 Å². The van der Waals surface area contributed by atoms with Crippen LogP contribution < -0.4 is 25.8 Å². The molecule has 1 aromatic carbocycles. The molecule has 2 aliphatic heterocycles. The predicted molar refractivity (Wildman–Crippen MR) is 166 cm³/mol. The molecular weight excluding hydrogens is 526 g/mol. The number of anilines is 4. The number of para-hydroxylation sites is 2. The third kappa shape index (κ3) is 4.70. The average Bonchev–Trinajstić information content (AvgIpc) is 2.97. The molecule has 9 nitrogen and oxygen atoms in total. The molecular formula is C33H45N7O2. The standard InChI is InChI=1S/C33H45N7O2/c1-32(2,3)38-12-10-37(11-13-38)25-8-9-28(35-21-25)39-14-15-40(27-7-5-4-6-26(27)39)31(42)36-29-23-16-22-17-24(29)20-33(18-22,19-23)30(34)41/h4-9,21-24,29H,10-20H2,1-3H3,(H2,34,41)(H,36,42)/t22?,23?,24?,29-,33+. The number of rotatable bonds is 4. The highest BCUT2D eigenvalue weighted by molar-refractivity contribution is 5.98. The molecule has 9 heteroatoms. The molecule has 4 bridgehead atoms. The molecule has 3 heterocycles. The van der Waals surface area contributed by atoms with E-state index < -0.39 is 0 Å². The number of carbonyl (C=O) groups excluding carboxylic acids is 2. The Bertz CT molecular complexity index is 1330. The Hall–Kier alpha value is -3.33. The second kappa shape index (κ2) is 10.1. The van der Waals surface area contributed by atoms with Crippen molar-refractivity contribution >= 4 is 34.8 Å². The van der Waals surface area contributed by atoms with Crippen LogP contribution in [0.5, 0.6) is 0 Å². The minimum Gasteiger partial charge on any atom is -0.369 e. The van der Waals surface area contributed by atoms with E-state index in [2.05, 4.69) is 59.0 Å². The summed E-state index contributed by atoms with van der Waals surface area (Å²) in [4.78, 5) is 40.1. The maximum atomic E-state index is 13.8. The third-order valence-corrected chi connectivity index (χ3v) is 10.9. The van der Waals surface area contributed by atoms with E-state index in [9.17, 15) is 9.59 Å². The summed E-state index contributed by atoms with van der Waals surface area (Å²) in [6.07, 6.45) is 6.75. The van der Waals surface area contributed by atoms with Gasteiger partial charge in [0.2, 0.25) is 5.91 Å². The van der Waals surface area contributed by atoms with Crippen molar-refractivity contribution in [3.8, 4) is 0 Å². The van der Waals surface area contributed by atoms with Crippen molar-refractivity contribution in [1.29, 1.82) is 0 Å². The van der Waals surface area contributed by atoms with Gasteiger partial charge in [-0.2, -0.15) is 0 Å². The maximum Gasteiger partial charge on any atom is 0.322 e. The van der Waals surface area contributed by atoms with Gasteiger partial charge in [0.05, 0.1) is 23.3 Å². The highest BCUT2D eigenvalue weighted by atomic mass is 16.2. The molecule has 8 rings (SSSR count). The smallest absolute Gasteiger partial charge is 0.322 e. The van der Waals surface area contributed by atoms with Gasteiger partial charge in [-0.3, -0.25) is 14.6 Å². The van der Waals surface area contributed by atoms with Gasteiger partial charge in [-0.25, -0.2) is 9.78 Å². The summed E-state index contributed by atoms with van der Waals surface area (Å²) in [5.41, 5.74) is 8.80. The van der Waals surface area contributed by atoms with Crippen molar-refractivity contribution in [3.05, 3.63) is 42.6 Å². The van der Waals surface area contributed by atoms with Gasteiger partial charge in [-0.05, 0) is 94.9 Å². The summed E-state index contributed by atoms with van der Waals surface area (Å²) >= 11 is 0. The van der Waals surface area contributed by atoms with Gasteiger partial charge < -0.3 is 20.9 Å². The molecule has 1 aromatic heterocycles. The van der Waals surface area contributed by atoms with Crippen LogP contribution in [0.2, 0.25) is 0 Å².